The Bertz CT molecular complexity index is 250. The number of nitrogens with one attached hydrogen (secondary N) is 1. The summed E-state index contributed by atoms with van der Waals surface area (Å²) < 4.78 is 5.77. The summed E-state index contributed by atoms with van der Waals surface area (Å²) in [7, 11) is 0. The molecule has 1 fully saturated rings. The maximum atomic E-state index is 5.77. The minimum absolute atomic E-state index is 0.0354. The zero-order chi connectivity index (χ0) is 13.3. The molecule has 0 saturated carbocycles. The highest BCUT2D eigenvalue weighted by molar-refractivity contribution is 4.90. The molecule has 1 aliphatic heterocycles. The van der Waals surface area contributed by atoms with Crippen LogP contribution >= 0.6 is 0 Å². The number of hydrogen-bond donors (Lipinski definition) is 1. The molecule has 1 heterocycles. The van der Waals surface area contributed by atoms with E-state index in [1.165, 1.54) is 6.42 Å². The maximum Gasteiger partial charge on any atom is 0.0641 e. The van der Waals surface area contributed by atoms with Crippen LogP contribution in [0.15, 0.2) is 0 Å². The lowest BCUT2D eigenvalue weighted by Gasteiger charge is -2.42. The van der Waals surface area contributed by atoms with Crippen molar-refractivity contribution in [2.75, 3.05) is 6.61 Å². The van der Waals surface area contributed by atoms with E-state index in [1.807, 2.05) is 0 Å². The molecule has 0 bridgehead atoms. The van der Waals surface area contributed by atoms with E-state index >= 15 is 0 Å². The van der Waals surface area contributed by atoms with Crippen molar-refractivity contribution in [2.45, 2.75) is 84.9 Å². The quantitative estimate of drug-likeness (QED) is 0.812. The molecular weight excluding hydrogens is 210 g/mol. The fraction of sp³-hybridized carbons (Fsp3) is 1.00. The van der Waals surface area contributed by atoms with Gasteiger partial charge in [-0.25, -0.2) is 0 Å². The second-order valence-corrected chi connectivity index (χ2v) is 8.06. The van der Waals surface area contributed by atoms with Gasteiger partial charge in [-0.1, -0.05) is 20.8 Å². The van der Waals surface area contributed by atoms with Gasteiger partial charge in [-0.3, -0.25) is 0 Å². The van der Waals surface area contributed by atoms with E-state index in [9.17, 15) is 0 Å². The predicted molar refractivity (Wildman–Crippen MR) is 74.3 cm³/mol. The summed E-state index contributed by atoms with van der Waals surface area (Å²) in [6, 6.07) is 0.594. The van der Waals surface area contributed by atoms with E-state index < -0.39 is 0 Å². The molecule has 0 aliphatic carbocycles. The predicted octanol–water partition coefficient (Wildman–Crippen LogP) is 3.75. The van der Waals surface area contributed by atoms with Crippen molar-refractivity contribution in [3.05, 3.63) is 0 Å². The van der Waals surface area contributed by atoms with Gasteiger partial charge in [0.2, 0.25) is 0 Å². The zero-order valence-corrected chi connectivity index (χ0v) is 12.8. The topological polar surface area (TPSA) is 21.3 Å². The largest absolute Gasteiger partial charge is 0.375 e. The van der Waals surface area contributed by atoms with Crippen molar-refractivity contribution in [1.29, 1.82) is 0 Å². The Morgan fingerprint density at radius 1 is 1.18 bits per heavy atom. The van der Waals surface area contributed by atoms with Crippen LogP contribution in [-0.2, 0) is 4.74 Å². The summed E-state index contributed by atoms with van der Waals surface area (Å²) in [6.07, 6.45) is 3.44. The van der Waals surface area contributed by atoms with Gasteiger partial charge in [0.15, 0.2) is 0 Å². The van der Waals surface area contributed by atoms with Gasteiger partial charge >= 0.3 is 0 Å². The van der Waals surface area contributed by atoms with Crippen LogP contribution in [-0.4, -0.2) is 23.8 Å². The third-order valence-electron chi connectivity index (χ3n) is 3.26. The molecule has 0 spiro atoms. The minimum atomic E-state index is 0.0354. The molecule has 0 aromatic carbocycles. The molecule has 102 valence electrons. The molecule has 0 aromatic rings. The molecule has 1 unspecified atom stereocenters. The van der Waals surface area contributed by atoms with Crippen molar-refractivity contribution in [2.24, 2.45) is 5.41 Å². The van der Waals surface area contributed by atoms with Crippen LogP contribution in [0.2, 0.25) is 0 Å². The van der Waals surface area contributed by atoms with Crippen LogP contribution in [0.4, 0.5) is 0 Å². The Morgan fingerprint density at radius 2 is 1.76 bits per heavy atom. The van der Waals surface area contributed by atoms with Gasteiger partial charge in [-0.2, -0.15) is 0 Å². The second-order valence-electron chi connectivity index (χ2n) is 8.06. The lowest BCUT2D eigenvalue weighted by molar-refractivity contribution is -0.0666. The first-order chi connectivity index (χ1) is 7.49. The van der Waals surface area contributed by atoms with E-state index in [-0.39, 0.29) is 11.1 Å². The number of rotatable bonds is 3. The summed E-state index contributed by atoms with van der Waals surface area (Å²) in [6.45, 7) is 16.8. The highest BCUT2D eigenvalue weighted by Gasteiger charge is 2.33. The van der Waals surface area contributed by atoms with E-state index in [2.05, 4.69) is 53.8 Å². The number of hydrogen-bond acceptors (Lipinski definition) is 2. The van der Waals surface area contributed by atoms with E-state index in [4.69, 9.17) is 4.74 Å². The monoisotopic (exact) mass is 241 g/mol. The first kappa shape index (κ1) is 15.0. The van der Waals surface area contributed by atoms with Gasteiger partial charge in [-0.05, 0) is 52.4 Å². The average Bonchev–Trinajstić information content (AvgIpc) is 1.94. The SMILES string of the molecule is CC(C)(C)CC(C)(C)NC1CCOC(C)(C)C1. The first-order valence-electron chi connectivity index (χ1n) is 6.91. The van der Waals surface area contributed by atoms with Gasteiger partial charge in [0.1, 0.15) is 0 Å². The Balaban J connectivity index is 2.52. The third kappa shape index (κ3) is 5.87. The van der Waals surface area contributed by atoms with Crippen LogP contribution in [0.5, 0.6) is 0 Å². The van der Waals surface area contributed by atoms with Crippen molar-refractivity contribution in [1.82, 2.24) is 5.32 Å². The van der Waals surface area contributed by atoms with E-state index in [0.29, 0.717) is 11.5 Å². The molecular formula is C15H31NO. The molecule has 1 atom stereocenters. The Hall–Kier alpha value is -0.0800. The van der Waals surface area contributed by atoms with E-state index in [1.54, 1.807) is 0 Å². The molecule has 17 heavy (non-hydrogen) atoms. The van der Waals surface area contributed by atoms with Crippen LogP contribution in [0.25, 0.3) is 0 Å². The Morgan fingerprint density at radius 3 is 2.24 bits per heavy atom. The fourth-order valence-electron chi connectivity index (χ4n) is 3.28. The van der Waals surface area contributed by atoms with Crippen LogP contribution in [0, 0.1) is 5.41 Å². The maximum absolute atomic E-state index is 5.77. The summed E-state index contributed by atoms with van der Waals surface area (Å²) in [4.78, 5) is 0. The normalized spacial score (nSPS) is 25.9. The van der Waals surface area contributed by atoms with Gasteiger partial charge in [0, 0.05) is 18.2 Å². The van der Waals surface area contributed by atoms with Crippen molar-refractivity contribution >= 4 is 0 Å². The molecule has 0 radical (unpaired) electrons. The molecule has 1 aliphatic rings. The Kier molecular flexibility index (Phi) is 4.31. The molecule has 2 heteroatoms. The summed E-state index contributed by atoms with van der Waals surface area (Å²) in [5.74, 6) is 0. The molecule has 1 rings (SSSR count). The molecule has 0 aromatic heterocycles. The summed E-state index contributed by atoms with van der Waals surface area (Å²) in [5, 5.41) is 3.83. The second kappa shape index (κ2) is 4.89. The lowest BCUT2D eigenvalue weighted by atomic mass is 9.80. The third-order valence-corrected chi connectivity index (χ3v) is 3.26. The average molecular weight is 241 g/mol. The standard InChI is InChI=1S/C15H31NO/c1-13(2,3)11-14(4,5)16-12-8-9-17-15(6,7)10-12/h12,16H,8-11H2,1-7H3. The highest BCUT2D eigenvalue weighted by Crippen LogP contribution is 2.30. The van der Waals surface area contributed by atoms with Crippen LogP contribution in [0.3, 0.4) is 0 Å². The van der Waals surface area contributed by atoms with Crippen molar-refractivity contribution in [3.8, 4) is 0 Å². The minimum Gasteiger partial charge on any atom is -0.375 e. The lowest BCUT2D eigenvalue weighted by Crippen LogP contribution is -2.52. The summed E-state index contributed by atoms with van der Waals surface area (Å²) >= 11 is 0. The van der Waals surface area contributed by atoms with E-state index in [0.717, 1.165) is 19.4 Å². The first-order valence-corrected chi connectivity index (χ1v) is 6.91. The zero-order valence-electron chi connectivity index (χ0n) is 12.8. The van der Waals surface area contributed by atoms with Crippen molar-refractivity contribution in [3.63, 3.8) is 0 Å². The van der Waals surface area contributed by atoms with Crippen molar-refractivity contribution < 1.29 is 4.74 Å². The smallest absolute Gasteiger partial charge is 0.0641 e. The molecule has 1 saturated heterocycles. The Labute approximate surface area is 108 Å². The fourth-order valence-corrected chi connectivity index (χ4v) is 3.28. The summed E-state index contributed by atoms with van der Waals surface area (Å²) in [5.41, 5.74) is 0.612. The van der Waals surface area contributed by atoms with Gasteiger partial charge in [0.05, 0.1) is 5.60 Å². The van der Waals surface area contributed by atoms with Crippen LogP contribution in [0.1, 0.15) is 67.7 Å². The highest BCUT2D eigenvalue weighted by atomic mass is 16.5. The van der Waals surface area contributed by atoms with Gasteiger partial charge in [0.25, 0.3) is 0 Å². The number of ether oxygens (including phenoxy) is 1. The molecule has 2 nitrogen and oxygen atoms in total. The molecule has 1 N–H and O–H groups in total. The van der Waals surface area contributed by atoms with Gasteiger partial charge in [-0.15, -0.1) is 0 Å². The van der Waals surface area contributed by atoms with Gasteiger partial charge < -0.3 is 10.1 Å². The van der Waals surface area contributed by atoms with Crippen LogP contribution < -0.4 is 5.32 Å². The molecule has 0 amide bonds.